The van der Waals surface area contributed by atoms with E-state index >= 15 is 0 Å². The average Bonchev–Trinajstić information content (AvgIpc) is 2.91. The number of sulfonamides is 1. The van der Waals surface area contributed by atoms with Crippen LogP contribution in [-0.4, -0.2) is 13.4 Å². The molecule has 0 atom stereocenters. The number of fused-ring (bicyclic) bond motifs is 1. The predicted octanol–water partition coefficient (Wildman–Crippen LogP) is 4.43. The molecule has 0 aliphatic heterocycles. The number of rotatable bonds is 3. The van der Waals surface area contributed by atoms with Gasteiger partial charge >= 0.3 is 0 Å². The standard InChI is InChI=1S/C13H11ClN2O2S3/c1-7-5-12(8(2)19-7)21(17,18)16-13-15-10-4-3-9(14)6-11(10)20-13/h3-6H,1-2H3,(H,15,16). The van der Waals surface area contributed by atoms with Crippen molar-refractivity contribution < 1.29 is 8.42 Å². The Hall–Kier alpha value is -1.15. The summed E-state index contributed by atoms with van der Waals surface area (Å²) in [7, 11) is -3.61. The normalized spacial score (nSPS) is 12.0. The van der Waals surface area contributed by atoms with Crippen LogP contribution in [-0.2, 0) is 10.0 Å². The molecule has 0 bridgehead atoms. The minimum atomic E-state index is -3.61. The molecule has 1 aromatic carbocycles. The van der Waals surface area contributed by atoms with E-state index in [4.69, 9.17) is 11.6 Å². The molecule has 2 aromatic heterocycles. The molecule has 8 heteroatoms. The molecule has 0 unspecified atom stereocenters. The van der Waals surface area contributed by atoms with Crippen LogP contribution in [0, 0.1) is 13.8 Å². The van der Waals surface area contributed by atoms with Crippen molar-refractivity contribution in [3.63, 3.8) is 0 Å². The Labute approximate surface area is 135 Å². The topological polar surface area (TPSA) is 59.1 Å². The molecule has 2 heterocycles. The number of aromatic nitrogens is 1. The van der Waals surface area contributed by atoms with E-state index < -0.39 is 10.0 Å². The third-order valence-electron chi connectivity index (χ3n) is 2.86. The molecule has 0 amide bonds. The van der Waals surface area contributed by atoms with Crippen molar-refractivity contribution in [3.8, 4) is 0 Å². The highest BCUT2D eigenvalue weighted by Crippen LogP contribution is 2.31. The number of anilines is 1. The largest absolute Gasteiger partial charge is 0.264 e. The fourth-order valence-corrected chi connectivity index (χ4v) is 5.92. The van der Waals surface area contributed by atoms with Crippen LogP contribution in [0.4, 0.5) is 5.13 Å². The van der Waals surface area contributed by atoms with Crippen LogP contribution in [0.25, 0.3) is 10.2 Å². The molecule has 21 heavy (non-hydrogen) atoms. The molecule has 0 aliphatic rings. The third kappa shape index (κ3) is 2.91. The van der Waals surface area contributed by atoms with Gasteiger partial charge in [-0.2, -0.15) is 0 Å². The monoisotopic (exact) mass is 358 g/mol. The van der Waals surface area contributed by atoms with E-state index in [1.54, 1.807) is 31.2 Å². The summed E-state index contributed by atoms with van der Waals surface area (Å²) >= 11 is 8.65. The van der Waals surface area contributed by atoms with E-state index in [0.29, 0.717) is 15.0 Å². The van der Waals surface area contributed by atoms with Gasteiger partial charge in [0.05, 0.1) is 10.2 Å². The van der Waals surface area contributed by atoms with Crippen molar-refractivity contribution in [1.29, 1.82) is 0 Å². The fraction of sp³-hybridized carbons (Fsp3) is 0.154. The summed E-state index contributed by atoms with van der Waals surface area (Å²) in [5, 5.41) is 0.945. The average molecular weight is 359 g/mol. The van der Waals surface area contributed by atoms with Crippen LogP contribution in [0.5, 0.6) is 0 Å². The molecule has 3 aromatic rings. The van der Waals surface area contributed by atoms with Crippen LogP contribution < -0.4 is 4.72 Å². The lowest BCUT2D eigenvalue weighted by Crippen LogP contribution is -2.12. The third-order valence-corrected chi connectivity index (χ3v) is 6.72. The summed E-state index contributed by atoms with van der Waals surface area (Å²) in [6, 6.07) is 6.94. The van der Waals surface area contributed by atoms with E-state index in [1.165, 1.54) is 22.7 Å². The van der Waals surface area contributed by atoms with Crippen molar-refractivity contribution >= 4 is 59.6 Å². The Morgan fingerprint density at radius 1 is 1.19 bits per heavy atom. The summed E-state index contributed by atoms with van der Waals surface area (Å²) in [5.74, 6) is 0. The van der Waals surface area contributed by atoms with E-state index in [2.05, 4.69) is 9.71 Å². The van der Waals surface area contributed by atoms with E-state index in [-0.39, 0.29) is 0 Å². The second kappa shape index (κ2) is 5.24. The van der Waals surface area contributed by atoms with Crippen LogP contribution in [0.2, 0.25) is 5.02 Å². The van der Waals surface area contributed by atoms with Gasteiger partial charge in [-0.1, -0.05) is 22.9 Å². The fourth-order valence-electron chi connectivity index (χ4n) is 1.99. The zero-order valence-corrected chi connectivity index (χ0v) is 14.4. The molecule has 0 saturated heterocycles. The molecular weight excluding hydrogens is 348 g/mol. The summed E-state index contributed by atoms with van der Waals surface area (Å²) < 4.78 is 28.2. The Kier molecular flexibility index (Phi) is 3.69. The number of benzene rings is 1. The van der Waals surface area contributed by atoms with Crippen LogP contribution >= 0.6 is 34.3 Å². The first-order chi connectivity index (χ1) is 9.85. The number of nitrogens with zero attached hydrogens (tertiary/aromatic N) is 1. The second-order valence-electron chi connectivity index (χ2n) is 4.51. The Morgan fingerprint density at radius 2 is 1.95 bits per heavy atom. The molecule has 3 rings (SSSR count). The molecule has 0 saturated carbocycles. The lowest BCUT2D eigenvalue weighted by Gasteiger charge is -2.03. The van der Waals surface area contributed by atoms with Crippen molar-refractivity contribution in [2.24, 2.45) is 0 Å². The molecule has 0 fully saturated rings. The van der Waals surface area contributed by atoms with E-state index in [9.17, 15) is 8.42 Å². The number of thiophene rings is 1. The van der Waals surface area contributed by atoms with Gasteiger partial charge in [0.2, 0.25) is 0 Å². The molecule has 0 spiro atoms. The van der Waals surface area contributed by atoms with Crippen molar-refractivity contribution in [3.05, 3.63) is 39.0 Å². The lowest BCUT2D eigenvalue weighted by molar-refractivity contribution is 0.601. The molecule has 0 aliphatic carbocycles. The summed E-state index contributed by atoms with van der Waals surface area (Å²) in [5.41, 5.74) is 0.723. The summed E-state index contributed by atoms with van der Waals surface area (Å²) in [6.07, 6.45) is 0. The minimum Gasteiger partial charge on any atom is -0.255 e. The van der Waals surface area contributed by atoms with Gasteiger partial charge in [0.15, 0.2) is 5.13 Å². The first kappa shape index (κ1) is 14.8. The van der Waals surface area contributed by atoms with Crippen molar-refractivity contribution in [2.75, 3.05) is 4.72 Å². The number of hydrogen-bond donors (Lipinski definition) is 1. The van der Waals surface area contributed by atoms with Crippen molar-refractivity contribution in [2.45, 2.75) is 18.7 Å². The van der Waals surface area contributed by atoms with E-state index in [1.807, 2.05) is 6.92 Å². The molecule has 0 radical (unpaired) electrons. The number of thiazole rings is 1. The lowest BCUT2D eigenvalue weighted by atomic mass is 10.3. The zero-order chi connectivity index (χ0) is 15.2. The Balaban J connectivity index is 1.99. The predicted molar refractivity (Wildman–Crippen MR) is 89.2 cm³/mol. The summed E-state index contributed by atoms with van der Waals surface area (Å²) in [4.78, 5) is 6.31. The number of nitrogens with one attached hydrogen (secondary N) is 1. The first-order valence-electron chi connectivity index (χ1n) is 6.01. The van der Waals surface area contributed by atoms with Crippen LogP contribution in [0.1, 0.15) is 9.75 Å². The van der Waals surface area contributed by atoms with Gasteiger partial charge in [-0.15, -0.1) is 11.3 Å². The Bertz CT molecular complexity index is 928. The second-order valence-corrected chi connectivity index (χ2v) is 9.09. The number of aryl methyl sites for hydroxylation is 2. The minimum absolute atomic E-state index is 0.308. The highest BCUT2D eigenvalue weighted by molar-refractivity contribution is 7.93. The number of halogens is 1. The van der Waals surface area contributed by atoms with Gasteiger partial charge in [0.1, 0.15) is 4.90 Å². The smallest absolute Gasteiger partial charge is 0.255 e. The molecule has 1 N–H and O–H groups in total. The Morgan fingerprint density at radius 3 is 2.62 bits per heavy atom. The van der Waals surface area contributed by atoms with Gasteiger partial charge in [-0.25, -0.2) is 13.4 Å². The van der Waals surface area contributed by atoms with Gasteiger partial charge in [-0.3, -0.25) is 4.72 Å². The highest BCUT2D eigenvalue weighted by Gasteiger charge is 2.20. The van der Waals surface area contributed by atoms with Crippen LogP contribution in [0.15, 0.2) is 29.2 Å². The maximum absolute atomic E-state index is 12.4. The molecule has 4 nitrogen and oxygen atoms in total. The van der Waals surface area contributed by atoms with E-state index in [0.717, 1.165) is 20.0 Å². The van der Waals surface area contributed by atoms with Crippen molar-refractivity contribution in [1.82, 2.24) is 4.98 Å². The van der Waals surface area contributed by atoms with Crippen LogP contribution in [0.3, 0.4) is 0 Å². The molecule has 110 valence electrons. The summed E-state index contributed by atoms with van der Waals surface area (Å²) in [6.45, 7) is 3.68. The van der Waals surface area contributed by atoms with Gasteiger partial charge in [0, 0.05) is 14.8 Å². The first-order valence-corrected chi connectivity index (χ1v) is 9.50. The SMILES string of the molecule is Cc1cc(S(=O)(=O)Nc2nc3ccc(Cl)cc3s2)c(C)s1. The maximum atomic E-state index is 12.4. The van der Waals surface area contributed by atoms with Gasteiger partial charge < -0.3 is 0 Å². The maximum Gasteiger partial charge on any atom is 0.264 e. The van der Waals surface area contributed by atoms with Gasteiger partial charge in [-0.05, 0) is 38.1 Å². The number of hydrogen-bond acceptors (Lipinski definition) is 5. The highest BCUT2D eigenvalue weighted by atomic mass is 35.5. The zero-order valence-electron chi connectivity index (χ0n) is 11.2. The quantitative estimate of drug-likeness (QED) is 0.753. The molecular formula is C13H11ClN2O2S3. The van der Waals surface area contributed by atoms with Gasteiger partial charge in [0.25, 0.3) is 10.0 Å².